The van der Waals surface area contributed by atoms with Gasteiger partial charge in [0.2, 0.25) is 5.91 Å². The fourth-order valence-electron chi connectivity index (χ4n) is 4.16. The van der Waals surface area contributed by atoms with Crippen LogP contribution < -0.4 is 0 Å². The van der Waals surface area contributed by atoms with Gasteiger partial charge in [0.15, 0.2) is 0 Å². The van der Waals surface area contributed by atoms with Gasteiger partial charge in [0, 0.05) is 24.0 Å². The number of amides is 1. The molecular formula is C20H26N2O3. The van der Waals surface area contributed by atoms with Crippen LogP contribution in [-0.2, 0) is 11.2 Å². The number of fused-ring (bicyclic) bond motifs is 1. The quantitative estimate of drug-likeness (QED) is 0.927. The van der Waals surface area contributed by atoms with Crippen LogP contribution in [-0.4, -0.2) is 59.1 Å². The zero-order chi connectivity index (χ0) is 17.4. The lowest BCUT2D eigenvalue weighted by molar-refractivity contribution is -0.130. The van der Waals surface area contributed by atoms with E-state index in [-0.39, 0.29) is 5.91 Å². The predicted octanol–water partition coefficient (Wildman–Crippen LogP) is 2.34. The minimum atomic E-state index is -0.754. The fourth-order valence-corrected chi connectivity index (χ4v) is 4.16. The third-order valence-electron chi connectivity index (χ3n) is 5.55. The molecule has 1 unspecified atom stereocenters. The highest BCUT2D eigenvalue weighted by molar-refractivity contribution is 5.88. The molecule has 5 heteroatoms. The molecule has 3 heterocycles. The van der Waals surface area contributed by atoms with E-state index in [1.165, 1.54) is 12.8 Å². The summed E-state index contributed by atoms with van der Waals surface area (Å²) in [7, 11) is 0. The Balaban J connectivity index is 1.41. The van der Waals surface area contributed by atoms with Crippen molar-refractivity contribution in [3.8, 4) is 0 Å². The first-order valence-corrected chi connectivity index (χ1v) is 9.22. The topological polar surface area (TPSA) is 56.9 Å². The van der Waals surface area contributed by atoms with Crippen molar-refractivity contribution >= 4 is 16.9 Å². The minimum absolute atomic E-state index is 0.0700. The van der Waals surface area contributed by atoms with Gasteiger partial charge in [-0.2, -0.15) is 0 Å². The molecule has 2 aliphatic heterocycles. The van der Waals surface area contributed by atoms with E-state index < -0.39 is 5.60 Å². The molecule has 5 nitrogen and oxygen atoms in total. The summed E-state index contributed by atoms with van der Waals surface area (Å²) >= 11 is 0. The molecule has 1 aromatic carbocycles. The Labute approximate surface area is 148 Å². The number of furan rings is 1. The van der Waals surface area contributed by atoms with Gasteiger partial charge in [-0.05, 0) is 50.9 Å². The smallest absolute Gasteiger partial charge is 0.227 e. The Hall–Kier alpha value is -1.85. The molecule has 4 rings (SSSR count). The number of likely N-dealkylation sites (tertiary alicyclic amines) is 2. The second-order valence-corrected chi connectivity index (χ2v) is 7.71. The maximum Gasteiger partial charge on any atom is 0.227 e. The van der Waals surface area contributed by atoms with E-state index in [4.69, 9.17) is 4.42 Å². The van der Waals surface area contributed by atoms with Crippen molar-refractivity contribution in [1.29, 1.82) is 0 Å². The number of benzene rings is 1. The van der Waals surface area contributed by atoms with Crippen molar-refractivity contribution in [3.63, 3.8) is 0 Å². The Morgan fingerprint density at radius 3 is 2.88 bits per heavy atom. The third kappa shape index (κ3) is 3.44. The number of hydrogen-bond donors (Lipinski definition) is 1. The molecule has 1 aromatic heterocycles. The summed E-state index contributed by atoms with van der Waals surface area (Å²) in [4.78, 5) is 16.8. The Bertz CT molecular complexity index is 778. The molecule has 1 atom stereocenters. The molecule has 1 N–H and O–H groups in total. The number of nitrogens with zero attached hydrogens (tertiary/aromatic N) is 2. The van der Waals surface area contributed by atoms with Crippen LogP contribution in [0.25, 0.3) is 11.0 Å². The van der Waals surface area contributed by atoms with Crippen LogP contribution in [0.5, 0.6) is 0 Å². The molecule has 2 fully saturated rings. The van der Waals surface area contributed by atoms with Crippen molar-refractivity contribution < 1.29 is 14.3 Å². The summed E-state index contributed by atoms with van der Waals surface area (Å²) in [6.07, 6.45) is 5.11. The summed E-state index contributed by atoms with van der Waals surface area (Å²) in [6.45, 7) is 5.92. The average Bonchev–Trinajstić information content (AvgIpc) is 3.29. The molecule has 2 aromatic rings. The molecule has 0 radical (unpaired) electrons. The summed E-state index contributed by atoms with van der Waals surface area (Å²) in [5.74, 6) is 0.0700. The number of β-amino-alcohol motifs (C(OH)–C–C–N with tert-alkyl or cyclic N) is 1. The van der Waals surface area contributed by atoms with Crippen molar-refractivity contribution in [2.45, 2.75) is 38.2 Å². The van der Waals surface area contributed by atoms with Crippen LogP contribution in [0.1, 0.15) is 30.4 Å². The van der Waals surface area contributed by atoms with Gasteiger partial charge in [-0.15, -0.1) is 0 Å². The highest BCUT2D eigenvalue weighted by atomic mass is 16.3. The van der Waals surface area contributed by atoms with Crippen molar-refractivity contribution in [3.05, 3.63) is 35.6 Å². The number of rotatable bonds is 4. The van der Waals surface area contributed by atoms with Crippen molar-refractivity contribution in [2.24, 2.45) is 0 Å². The monoisotopic (exact) mass is 342 g/mol. The van der Waals surface area contributed by atoms with E-state index in [0.29, 0.717) is 32.5 Å². The number of aliphatic hydroxyl groups is 1. The van der Waals surface area contributed by atoms with Crippen molar-refractivity contribution in [1.82, 2.24) is 9.80 Å². The molecule has 2 saturated heterocycles. The van der Waals surface area contributed by atoms with Crippen LogP contribution >= 0.6 is 0 Å². The fraction of sp³-hybridized carbons (Fsp3) is 0.550. The van der Waals surface area contributed by atoms with Crippen LogP contribution in [0, 0.1) is 6.92 Å². The summed E-state index contributed by atoms with van der Waals surface area (Å²) in [5.41, 5.74) is 2.14. The van der Waals surface area contributed by atoms with Crippen LogP contribution in [0.4, 0.5) is 0 Å². The van der Waals surface area contributed by atoms with Gasteiger partial charge in [-0.3, -0.25) is 4.79 Å². The van der Waals surface area contributed by atoms with Gasteiger partial charge >= 0.3 is 0 Å². The normalized spacial score (nSPS) is 24.5. The molecule has 25 heavy (non-hydrogen) atoms. The Kier molecular flexibility index (Phi) is 4.29. The first-order chi connectivity index (χ1) is 12.0. The Morgan fingerprint density at radius 2 is 2.08 bits per heavy atom. The summed E-state index contributed by atoms with van der Waals surface area (Å²) in [5, 5.41) is 11.9. The van der Waals surface area contributed by atoms with Crippen LogP contribution in [0.3, 0.4) is 0 Å². The highest BCUT2D eigenvalue weighted by Gasteiger charge is 2.39. The lowest BCUT2D eigenvalue weighted by Crippen LogP contribution is -2.45. The van der Waals surface area contributed by atoms with Gasteiger partial charge in [0.1, 0.15) is 5.58 Å². The zero-order valence-corrected chi connectivity index (χ0v) is 14.8. The molecule has 134 valence electrons. The second-order valence-electron chi connectivity index (χ2n) is 7.71. The first kappa shape index (κ1) is 16.6. The minimum Gasteiger partial charge on any atom is -0.464 e. The molecule has 0 saturated carbocycles. The number of aryl methyl sites for hydroxylation is 1. The van der Waals surface area contributed by atoms with E-state index in [9.17, 15) is 9.90 Å². The van der Waals surface area contributed by atoms with E-state index >= 15 is 0 Å². The van der Waals surface area contributed by atoms with Gasteiger partial charge in [-0.1, -0.05) is 12.1 Å². The zero-order valence-electron chi connectivity index (χ0n) is 14.8. The highest BCUT2D eigenvalue weighted by Crippen LogP contribution is 2.27. The number of carbonyl (C=O) groups excluding carboxylic acids is 1. The van der Waals surface area contributed by atoms with Crippen molar-refractivity contribution in [2.75, 3.05) is 32.7 Å². The largest absolute Gasteiger partial charge is 0.464 e. The predicted molar refractivity (Wildman–Crippen MR) is 96.5 cm³/mol. The third-order valence-corrected chi connectivity index (χ3v) is 5.55. The standard InChI is InChI=1S/C20H26N2O3/c1-15-4-5-17-16(12-25-18(17)10-15)11-19(23)22-9-6-20(24,14-22)13-21-7-2-3-8-21/h4-5,10,12,24H,2-3,6-9,11,13-14H2,1H3. The van der Waals surface area contributed by atoms with Gasteiger partial charge in [0.25, 0.3) is 0 Å². The lowest BCUT2D eigenvalue weighted by Gasteiger charge is -2.28. The molecule has 0 aliphatic carbocycles. The second kappa shape index (κ2) is 6.46. The number of hydrogen-bond acceptors (Lipinski definition) is 4. The molecular weight excluding hydrogens is 316 g/mol. The maximum absolute atomic E-state index is 12.7. The van der Waals surface area contributed by atoms with Crippen LogP contribution in [0.15, 0.2) is 28.9 Å². The van der Waals surface area contributed by atoms with Gasteiger partial charge in [-0.25, -0.2) is 0 Å². The SMILES string of the molecule is Cc1ccc2c(CC(=O)N3CCC(O)(CN4CCCC4)C3)coc2c1. The molecule has 1 amide bonds. The van der Waals surface area contributed by atoms with Crippen LogP contribution in [0.2, 0.25) is 0 Å². The molecule has 0 spiro atoms. The van der Waals surface area contributed by atoms with E-state index in [0.717, 1.165) is 35.2 Å². The first-order valence-electron chi connectivity index (χ1n) is 9.22. The van der Waals surface area contributed by atoms with Gasteiger partial charge in [0.05, 0.1) is 24.8 Å². The van der Waals surface area contributed by atoms with E-state index in [2.05, 4.69) is 4.90 Å². The van der Waals surface area contributed by atoms with E-state index in [1.807, 2.05) is 30.0 Å². The summed E-state index contributed by atoms with van der Waals surface area (Å²) in [6, 6.07) is 6.05. The lowest BCUT2D eigenvalue weighted by atomic mass is 10.0. The molecule has 2 aliphatic rings. The summed E-state index contributed by atoms with van der Waals surface area (Å²) < 4.78 is 5.60. The molecule has 0 bridgehead atoms. The Morgan fingerprint density at radius 1 is 1.28 bits per heavy atom. The average molecular weight is 342 g/mol. The van der Waals surface area contributed by atoms with E-state index in [1.54, 1.807) is 6.26 Å². The number of carbonyl (C=O) groups is 1. The van der Waals surface area contributed by atoms with Gasteiger partial charge < -0.3 is 19.3 Å². The maximum atomic E-state index is 12.7.